The molecule has 0 aliphatic carbocycles. The minimum atomic E-state index is -1.21. The number of aliphatic imine (C=N–C) groups is 2. The number of aromatic nitrogens is 1. The van der Waals surface area contributed by atoms with Crippen molar-refractivity contribution in [1.82, 2.24) is 10.3 Å². The van der Waals surface area contributed by atoms with E-state index in [0.717, 1.165) is 56.5 Å². The number of carbonyl (C=O) groups excluding carboxylic acids is 1. The minimum absolute atomic E-state index is 0.0273. The molecule has 11 nitrogen and oxygen atoms in total. The van der Waals surface area contributed by atoms with Gasteiger partial charge < -0.3 is 29.0 Å². The van der Waals surface area contributed by atoms with Gasteiger partial charge in [-0.3, -0.25) is 5.32 Å². The lowest BCUT2D eigenvalue weighted by Crippen LogP contribution is -2.20. The van der Waals surface area contributed by atoms with Gasteiger partial charge in [-0.25, -0.2) is 19.6 Å². The second-order valence-electron chi connectivity index (χ2n) is 11.6. The zero-order valence-electron chi connectivity index (χ0n) is 26.9. The number of hydrogen-bond acceptors (Lipinski definition) is 9. The number of nitrogens with zero attached hydrogens (tertiary/aromatic N) is 2. The Morgan fingerprint density at radius 1 is 0.851 bits per heavy atom. The summed E-state index contributed by atoms with van der Waals surface area (Å²) >= 11 is 0. The van der Waals surface area contributed by atoms with Gasteiger partial charge in [0.15, 0.2) is 0 Å². The molecule has 11 heteroatoms. The Bertz CT molecular complexity index is 1820. The van der Waals surface area contributed by atoms with E-state index in [1.54, 1.807) is 27.4 Å². The maximum atomic E-state index is 13.2. The molecule has 0 amide bonds. The Morgan fingerprint density at radius 3 is 2.11 bits per heavy atom. The number of carboxylic acid groups (broad SMARTS) is 1. The summed E-state index contributed by atoms with van der Waals surface area (Å²) in [4.78, 5) is 39.1. The molecule has 0 saturated heterocycles. The average molecular weight is 639 g/mol. The van der Waals surface area contributed by atoms with Gasteiger partial charge in [-0.05, 0) is 89.6 Å². The Labute approximate surface area is 273 Å². The van der Waals surface area contributed by atoms with Gasteiger partial charge >= 0.3 is 11.9 Å². The molecule has 5 heterocycles. The molecule has 4 aliphatic heterocycles. The first-order chi connectivity index (χ1) is 22.9. The van der Waals surface area contributed by atoms with Gasteiger partial charge in [-0.2, -0.15) is 0 Å². The van der Waals surface area contributed by atoms with Crippen LogP contribution in [-0.4, -0.2) is 81.7 Å². The van der Waals surface area contributed by atoms with E-state index >= 15 is 0 Å². The lowest BCUT2D eigenvalue weighted by Gasteiger charge is -2.16. The standard InChI is InChI=1S/C36H38N4O7/c1-44-14-11-20-17-29-30-18-21(12-15-45-2)26(38-30)9-10-28-23-5-6-24(35(41)42)33(36(43)47-4)32(23)34(40-28)31-19-22(13-16-46-3)27(39-31)8-7-25(20)37-29/h5-10,17-19,28,34,39-40H,11-16H2,1-4H3,(H,41,42)/b8-7-,10-9-,30-29-. The van der Waals surface area contributed by atoms with Crippen molar-refractivity contribution in [1.29, 1.82) is 0 Å². The van der Waals surface area contributed by atoms with Crippen LogP contribution in [0, 0.1) is 0 Å². The number of aromatic carboxylic acids is 1. The molecule has 0 spiro atoms. The van der Waals surface area contributed by atoms with E-state index in [1.807, 2.05) is 30.4 Å². The van der Waals surface area contributed by atoms with Crippen LogP contribution < -0.4 is 5.32 Å². The smallest absolute Gasteiger partial charge is 0.339 e. The van der Waals surface area contributed by atoms with E-state index in [4.69, 9.17) is 28.9 Å². The van der Waals surface area contributed by atoms with Crippen LogP contribution in [0.3, 0.4) is 0 Å². The summed E-state index contributed by atoms with van der Waals surface area (Å²) in [6.07, 6.45) is 14.1. The molecule has 8 bridgehead atoms. The lowest BCUT2D eigenvalue weighted by molar-refractivity contribution is 0.0581. The molecule has 47 heavy (non-hydrogen) atoms. The maximum Gasteiger partial charge on any atom is 0.339 e. The number of aromatic amines is 1. The van der Waals surface area contributed by atoms with Crippen molar-refractivity contribution in [2.45, 2.75) is 31.3 Å². The summed E-state index contributed by atoms with van der Waals surface area (Å²) in [7, 11) is 6.27. The van der Waals surface area contributed by atoms with Crippen LogP contribution >= 0.6 is 0 Å². The van der Waals surface area contributed by atoms with Crippen LogP contribution in [0.15, 0.2) is 81.1 Å². The van der Waals surface area contributed by atoms with E-state index in [1.165, 1.54) is 13.2 Å². The fourth-order valence-electron chi connectivity index (χ4n) is 6.41. The highest BCUT2D eigenvalue weighted by atomic mass is 16.5. The molecule has 0 saturated carbocycles. The molecular weight excluding hydrogens is 600 g/mol. The second-order valence-corrected chi connectivity index (χ2v) is 11.6. The van der Waals surface area contributed by atoms with Crippen LogP contribution in [0.2, 0.25) is 0 Å². The topological polar surface area (TPSA) is 144 Å². The molecule has 6 rings (SSSR count). The molecule has 1 aromatic carbocycles. The second kappa shape index (κ2) is 14.0. The highest BCUT2D eigenvalue weighted by Gasteiger charge is 2.38. The molecule has 244 valence electrons. The Morgan fingerprint density at radius 2 is 1.49 bits per heavy atom. The van der Waals surface area contributed by atoms with Crippen LogP contribution in [-0.2, 0) is 25.4 Å². The van der Waals surface area contributed by atoms with Crippen LogP contribution in [0.25, 0.3) is 6.08 Å². The van der Waals surface area contributed by atoms with Crippen molar-refractivity contribution in [2.24, 2.45) is 9.98 Å². The zero-order chi connectivity index (χ0) is 33.1. The number of carbonyl (C=O) groups is 2. The Balaban J connectivity index is 1.57. The molecule has 2 unspecified atom stereocenters. The van der Waals surface area contributed by atoms with Crippen LogP contribution in [0.5, 0.6) is 0 Å². The van der Waals surface area contributed by atoms with E-state index in [2.05, 4.69) is 22.5 Å². The number of fused-ring (bicyclic) bond motifs is 10. The first-order valence-corrected chi connectivity index (χ1v) is 15.5. The van der Waals surface area contributed by atoms with E-state index in [0.29, 0.717) is 44.6 Å². The number of rotatable bonds is 11. The quantitative estimate of drug-likeness (QED) is 0.290. The lowest BCUT2D eigenvalue weighted by atomic mass is 9.90. The van der Waals surface area contributed by atoms with Crippen molar-refractivity contribution in [3.63, 3.8) is 0 Å². The summed E-state index contributed by atoms with van der Waals surface area (Å²) in [5.74, 6) is -1.92. The SMILES string of the molecule is COCCC1=C/C2=C3\C=C(CCOC)C(=N3)/C=C\C3NC(c4cc(CCOC)c([nH]4)/C=C\C1=N2)c1c3ccc(C(=O)O)c1C(=O)OC. The van der Waals surface area contributed by atoms with Crippen LogP contribution in [0.1, 0.15) is 73.7 Å². The van der Waals surface area contributed by atoms with Crippen molar-refractivity contribution < 1.29 is 33.6 Å². The van der Waals surface area contributed by atoms with Gasteiger partial charge in [-0.1, -0.05) is 12.1 Å². The van der Waals surface area contributed by atoms with Crippen LogP contribution in [0.4, 0.5) is 0 Å². The summed E-state index contributed by atoms with van der Waals surface area (Å²) in [6, 6.07) is 4.38. The van der Waals surface area contributed by atoms with Crippen molar-refractivity contribution in [2.75, 3.05) is 48.3 Å². The number of methoxy groups -OCH3 is 4. The maximum absolute atomic E-state index is 13.2. The van der Waals surface area contributed by atoms with Crippen molar-refractivity contribution >= 4 is 29.4 Å². The van der Waals surface area contributed by atoms with Gasteiger partial charge in [0.25, 0.3) is 0 Å². The number of ether oxygens (including phenoxy) is 4. The van der Waals surface area contributed by atoms with E-state index in [9.17, 15) is 14.7 Å². The molecular formula is C36H38N4O7. The van der Waals surface area contributed by atoms with Gasteiger partial charge in [0.1, 0.15) is 0 Å². The van der Waals surface area contributed by atoms with Gasteiger partial charge in [0.05, 0.1) is 73.0 Å². The average Bonchev–Trinajstić information content (AvgIpc) is 3.86. The minimum Gasteiger partial charge on any atom is -0.478 e. The number of carboxylic acids is 1. The molecule has 0 radical (unpaired) electrons. The van der Waals surface area contributed by atoms with Gasteiger partial charge in [-0.15, -0.1) is 0 Å². The largest absolute Gasteiger partial charge is 0.478 e. The number of benzene rings is 1. The zero-order valence-corrected chi connectivity index (χ0v) is 26.9. The number of nitrogens with one attached hydrogen (secondary N) is 2. The summed E-state index contributed by atoms with van der Waals surface area (Å²) in [5, 5.41) is 13.7. The van der Waals surface area contributed by atoms with Crippen molar-refractivity contribution in [3.05, 3.63) is 110 Å². The van der Waals surface area contributed by atoms with Gasteiger partial charge in [0, 0.05) is 32.7 Å². The number of esters is 1. The molecule has 1 aromatic heterocycles. The number of hydrogen-bond donors (Lipinski definition) is 3. The Hall–Kier alpha value is -4.68. The highest BCUT2D eigenvalue weighted by Crippen LogP contribution is 2.42. The van der Waals surface area contributed by atoms with E-state index in [-0.39, 0.29) is 17.2 Å². The number of allylic oxidation sites excluding steroid dienone is 4. The first-order valence-electron chi connectivity index (χ1n) is 15.5. The normalized spacial score (nSPS) is 22.3. The third-order valence-electron chi connectivity index (χ3n) is 8.74. The third kappa shape index (κ3) is 6.35. The molecule has 3 N–H and O–H groups in total. The van der Waals surface area contributed by atoms with E-state index < -0.39 is 18.0 Å². The first kappa shape index (κ1) is 32.3. The predicted molar refractivity (Wildman–Crippen MR) is 178 cm³/mol. The molecule has 2 aromatic rings. The molecule has 2 atom stereocenters. The summed E-state index contributed by atoms with van der Waals surface area (Å²) in [6.45, 7) is 1.58. The summed E-state index contributed by atoms with van der Waals surface area (Å²) < 4.78 is 21.3. The van der Waals surface area contributed by atoms with Crippen molar-refractivity contribution in [3.8, 4) is 0 Å². The Kier molecular flexibility index (Phi) is 9.60. The predicted octanol–water partition coefficient (Wildman–Crippen LogP) is 5.05. The fraction of sp³-hybridized carbons (Fsp3) is 0.333. The summed E-state index contributed by atoms with van der Waals surface area (Å²) in [5.41, 5.74) is 9.11. The fourth-order valence-corrected chi connectivity index (χ4v) is 6.41. The monoisotopic (exact) mass is 638 g/mol. The highest BCUT2D eigenvalue weighted by molar-refractivity contribution is 6.14. The number of H-pyrrole nitrogens is 1. The molecule has 4 aliphatic rings. The van der Waals surface area contributed by atoms with Gasteiger partial charge in [0.2, 0.25) is 0 Å². The third-order valence-corrected chi connectivity index (χ3v) is 8.74. The molecule has 0 fully saturated rings.